The van der Waals surface area contributed by atoms with Gasteiger partial charge in [0, 0.05) is 5.92 Å². The van der Waals surface area contributed by atoms with Gasteiger partial charge in [0.05, 0.1) is 32.0 Å². The van der Waals surface area contributed by atoms with E-state index in [-0.39, 0.29) is 46.6 Å². The highest BCUT2D eigenvalue weighted by Crippen LogP contribution is 2.80. The van der Waals surface area contributed by atoms with Crippen molar-refractivity contribution in [3.63, 3.8) is 0 Å². The first-order valence-electron chi connectivity index (χ1n) is 24.3. The van der Waals surface area contributed by atoms with Crippen molar-refractivity contribution in [2.45, 2.75) is 209 Å². The number of esters is 1. The van der Waals surface area contributed by atoms with E-state index in [9.17, 15) is 55.9 Å². The van der Waals surface area contributed by atoms with Gasteiger partial charge >= 0.3 is 5.97 Å². The third-order valence-corrected chi connectivity index (χ3v) is 20.1. The van der Waals surface area contributed by atoms with Gasteiger partial charge in [-0.05, 0) is 117 Å². The van der Waals surface area contributed by atoms with Crippen molar-refractivity contribution in [1.82, 2.24) is 0 Å². The zero-order chi connectivity index (χ0) is 47.0. The van der Waals surface area contributed by atoms with Crippen molar-refractivity contribution in [2.75, 3.05) is 26.4 Å². The van der Waals surface area contributed by atoms with Gasteiger partial charge < -0.3 is 84.2 Å². The molecule has 0 radical (unpaired) electrons. The highest BCUT2D eigenvalue weighted by atomic mass is 16.8. The Bertz CT molecular complexity index is 1770. The van der Waals surface area contributed by atoms with E-state index in [1.807, 2.05) is 13.8 Å². The molecule has 9 fully saturated rings. The van der Waals surface area contributed by atoms with Crippen LogP contribution >= 0.6 is 0 Å². The summed E-state index contributed by atoms with van der Waals surface area (Å²) in [6.07, 6.45) is -12.1. The smallest absolute Gasteiger partial charge is 0.315 e. The summed E-state index contributed by atoms with van der Waals surface area (Å²) in [7, 11) is 0. The molecule has 24 atom stereocenters. The molecule has 24 unspecified atom stereocenters. The van der Waals surface area contributed by atoms with Crippen molar-refractivity contribution in [1.29, 1.82) is 0 Å². The van der Waals surface area contributed by atoms with E-state index in [1.54, 1.807) is 0 Å². The SMILES string of the molecule is CC1(COC2OC(COC3OC(CO)C(O)C(O)C3O)C(O)C(O)C2OC2OC(CO)C(O)C2O)CCCC2(C)C1CCC1(C)C2CCC2C1(C)CCC1(O)C3CCC21C(=O)OC3(C)C. The summed E-state index contributed by atoms with van der Waals surface area (Å²) < 4.78 is 42.1. The second-order valence-corrected chi connectivity index (χ2v) is 23.3. The van der Waals surface area contributed by atoms with Gasteiger partial charge in [-0.25, -0.2) is 0 Å². The number of aliphatic hydroxyl groups excluding tert-OH is 9. The van der Waals surface area contributed by atoms with Gasteiger partial charge in [0.2, 0.25) is 0 Å². The minimum absolute atomic E-state index is 0.00186. The lowest BCUT2D eigenvalue weighted by atomic mass is 9.31. The quantitative estimate of drug-likeness (QED) is 0.129. The van der Waals surface area contributed by atoms with E-state index in [0.29, 0.717) is 18.8 Å². The number of carbonyl (C=O) groups is 1. The largest absolute Gasteiger partial charge is 0.459 e. The summed E-state index contributed by atoms with van der Waals surface area (Å²) in [5.41, 5.74) is -3.57. The summed E-state index contributed by atoms with van der Waals surface area (Å²) in [5.74, 6) is 0.201. The lowest BCUT2D eigenvalue weighted by Crippen LogP contribution is -2.74. The van der Waals surface area contributed by atoms with E-state index in [0.717, 1.165) is 57.8 Å². The predicted molar refractivity (Wildman–Crippen MR) is 224 cm³/mol. The Morgan fingerprint density at radius 1 is 0.569 bits per heavy atom. The monoisotopic (exact) mass is 929 g/mol. The van der Waals surface area contributed by atoms with Gasteiger partial charge in [0.25, 0.3) is 0 Å². The Morgan fingerprint density at radius 3 is 1.85 bits per heavy atom. The molecule has 5 aliphatic carbocycles. The number of ether oxygens (including phenoxy) is 7. The molecule has 5 saturated carbocycles. The summed E-state index contributed by atoms with van der Waals surface area (Å²) in [6, 6.07) is 0. The number of cyclic esters (lactones) is 1. The molecule has 372 valence electrons. The fraction of sp³-hybridized carbons (Fsp3) is 0.979. The van der Waals surface area contributed by atoms with Crippen LogP contribution in [-0.2, 0) is 38.0 Å². The number of hydrogen-bond donors (Lipinski definition) is 10. The average Bonchev–Trinajstić information content (AvgIpc) is 3.69. The molecule has 4 saturated heterocycles. The molecule has 65 heavy (non-hydrogen) atoms. The molecule has 9 aliphatic rings. The van der Waals surface area contributed by atoms with Crippen LogP contribution in [0, 0.1) is 50.7 Å². The van der Waals surface area contributed by atoms with Crippen LogP contribution in [0.3, 0.4) is 0 Å². The zero-order valence-electron chi connectivity index (χ0n) is 38.7. The maximum atomic E-state index is 14.3. The van der Waals surface area contributed by atoms with Gasteiger partial charge in [0.15, 0.2) is 18.9 Å². The highest BCUT2D eigenvalue weighted by Gasteiger charge is 2.81. The third-order valence-electron chi connectivity index (χ3n) is 20.1. The van der Waals surface area contributed by atoms with Crippen LogP contribution in [0.1, 0.15) is 112 Å². The maximum Gasteiger partial charge on any atom is 0.315 e. The molecule has 0 amide bonds. The fourth-order valence-corrected chi connectivity index (χ4v) is 16.6. The summed E-state index contributed by atoms with van der Waals surface area (Å²) in [4.78, 5) is 14.3. The van der Waals surface area contributed by atoms with E-state index in [1.165, 1.54) is 0 Å². The second-order valence-electron chi connectivity index (χ2n) is 23.3. The average molecular weight is 929 g/mol. The molecular weight excluding hydrogens is 852 g/mol. The van der Waals surface area contributed by atoms with E-state index >= 15 is 0 Å². The highest BCUT2D eigenvalue weighted by molar-refractivity contribution is 5.82. The first kappa shape index (κ1) is 48.8. The normalized spacial score (nSPS) is 57.1. The predicted octanol–water partition coefficient (Wildman–Crippen LogP) is -0.00760. The molecule has 2 bridgehead atoms. The molecule has 18 heteroatoms. The van der Waals surface area contributed by atoms with Crippen molar-refractivity contribution >= 4 is 5.97 Å². The Labute approximate surface area is 380 Å². The van der Waals surface area contributed by atoms with E-state index in [2.05, 4.69) is 27.7 Å². The molecule has 0 aromatic rings. The lowest BCUT2D eigenvalue weighted by molar-refractivity contribution is -0.355. The molecule has 4 heterocycles. The lowest BCUT2D eigenvalue weighted by Gasteiger charge is -2.74. The molecule has 0 spiro atoms. The molecule has 9 rings (SSSR count). The molecule has 10 N–H and O–H groups in total. The van der Waals surface area contributed by atoms with Gasteiger partial charge in [0.1, 0.15) is 78.2 Å². The van der Waals surface area contributed by atoms with Crippen molar-refractivity contribution < 1.29 is 89.0 Å². The van der Waals surface area contributed by atoms with Crippen molar-refractivity contribution in [3.8, 4) is 0 Å². The second kappa shape index (κ2) is 16.7. The molecule has 0 aromatic carbocycles. The van der Waals surface area contributed by atoms with Crippen LogP contribution in [0.15, 0.2) is 0 Å². The Balaban J connectivity index is 0.950. The van der Waals surface area contributed by atoms with Crippen LogP contribution in [0.25, 0.3) is 0 Å². The third kappa shape index (κ3) is 6.96. The van der Waals surface area contributed by atoms with Crippen LogP contribution < -0.4 is 0 Å². The zero-order valence-corrected chi connectivity index (χ0v) is 38.7. The summed E-state index contributed by atoms with van der Waals surface area (Å²) >= 11 is 0. The van der Waals surface area contributed by atoms with Gasteiger partial charge in [-0.15, -0.1) is 0 Å². The molecule has 4 aliphatic heterocycles. The molecule has 18 nitrogen and oxygen atoms in total. The maximum absolute atomic E-state index is 14.3. The Morgan fingerprint density at radius 2 is 1.15 bits per heavy atom. The van der Waals surface area contributed by atoms with Gasteiger partial charge in [-0.2, -0.15) is 0 Å². The number of rotatable bonds is 10. The molecule has 0 aromatic heterocycles. The number of hydrogen-bond acceptors (Lipinski definition) is 18. The number of carbonyl (C=O) groups excluding carboxylic acids is 1. The van der Waals surface area contributed by atoms with Crippen LogP contribution in [0.4, 0.5) is 0 Å². The van der Waals surface area contributed by atoms with Crippen molar-refractivity contribution in [2.24, 2.45) is 50.7 Å². The first-order valence-corrected chi connectivity index (χ1v) is 24.3. The Kier molecular flexibility index (Phi) is 12.6. The number of aliphatic hydroxyl groups is 10. The van der Waals surface area contributed by atoms with E-state index < -0.39 is 128 Å². The first-order chi connectivity index (χ1) is 30.5. The van der Waals surface area contributed by atoms with Crippen LogP contribution in [-0.4, -0.2) is 181 Å². The topological polar surface area (TPSA) is 284 Å². The van der Waals surface area contributed by atoms with Crippen LogP contribution in [0.5, 0.6) is 0 Å². The van der Waals surface area contributed by atoms with E-state index in [4.69, 9.17) is 33.2 Å². The fourth-order valence-electron chi connectivity index (χ4n) is 16.6. The van der Waals surface area contributed by atoms with Gasteiger partial charge in [-0.1, -0.05) is 34.1 Å². The van der Waals surface area contributed by atoms with Crippen LogP contribution in [0.2, 0.25) is 0 Å². The van der Waals surface area contributed by atoms with Gasteiger partial charge in [-0.3, -0.25) is 4.79 Å². The Hall–Kier alpha value is -1.17. The minimum Gasteiger partial charge on any atom is -0.459 e. The molecular formula is C47H76O18. The standard InChI is InChI=1S/C47H76O18/c1-41(2)25-11-15-46(40(57)65-41)28-9-8-27-43(4)13-7-12-42(3,26(43)10-14-44(27,5)45(28,6)16-17-47(25,46)58)21-60-39-36(64-38-34(55)30(51)23(19-49)62-38)33(54)31(52)24(63-39)20-59-37-35(56)32(53)29(50)22(18-48)61-37/h22-39,48-56,58H,7-21H2,1-6H3. The number of fused-ring (bicyclic) bond motifs is 5. The summed E-state index contributed by atoms with van der Waals surface area (Å²) in [6.45, 7) is 11.8. The summed E-state index contributed by atoms with van der Waals surface area (Å²) in [5, 5.41) is 108. The minimum atomic E-state index is -1.73. The van der Waals surface area contributed by atoms with Crippen molar-refractivity contribution in [3.05, 3.63) is 0 Å².